The van der Waals surface area contributed by atoms with Crippen LogP contribution in [-0.4, -0.2) is 6.54 Å². The summed E-state index contributed by atoms with van der Waals surface area (Å²) in [7, 11) is 0. The minimum Gasteiger partial charge on any atom is -0.309 e. The van der Waals surface area contributed by atoms with Gasteiger partial charge in [0.05, 0.1) is 0 Å². The molecule has 1 atom stereocenters. The van der Waals surface area contributed by atoms with Crippen molar-refractivity contribution in [2.75, 3.05) is 6.54 Å². The summed E-state index contributed by atoms with van der Waals surface area (Å²) in [6.45, 7) is 7.83. The van der Waals surface area contributed by atoms with E-state index in [-0.39, 0.29) is 0 Å². The van der Waals surface area contributed by atoms with Crippen LogP contribution in [0.3, 0.4) is 0 Å². The van der Waals surface area contributed by atoms with E-state index in [1.165, 1.54) is 15.8 Å². The van der Waals surface area contributed by atoms with Crippen LogP contribution in [0.2, 0.25) is 0 Å². The monoisotopic (exact) mass is 275 g/mol. The lowest BCUT2D eigenvalue weighted by Crippen LogP contribution is -2.25. The average molecular weight is 276 g/mol. The zero-order valence-corrected chi connectivity index (χ0v) is 11.4. The van der Waals surface area contributed by atoms with Crippen molar-refractivity contribution in [3.05, 3.63) is 20.8 Å². The molecule has 0 spiro atoms. The highest BCUT2D eigenvalue weighted by Gasteiger charge is 2.16. The van der Waals surface area contributed by atoms with E-state index in [2.05, 4.69) is 53.5 Å². The number of hydrogen-bond acceptors (Lipinski definition) is 2. The molecule has 0 amide bonds. The van der Waals surface area contributed by atoms with Gasteiger partial charge in [0, 0.05) is 20.8 Å². The minimum absolute atomic E-state index is 0.506. The molecule has 0 saturated carbocycles. The van der Waals surface area contributed by atoms with Crippen molar-refractivity contribution < 1.29 is 0 Å². The molecule has 1 rings (SSSR count). The van der Waals surface area contributed by atoms with E-state index in [0.717, 1.165) is 6.54 Å². The molecule has 1 heterocycles. The lowest BCUT2D eigenvalue weighted by molar-refractivity contribution is 0.418. The van der Waals surface area contributed by atoms with Gasteiger partial charge in [-0.25, -0.2) is 0 Å². The highest BCUT2D eigenvalue weighted by atomic mass is 79.9. The summed E-state index contributed by atoms with van der Waals surface area (Å²) >= 11 is 5.33. The maximum absolute atomic E-state index is 3.59. The van der Waals surface area contributed by atoms with Gasteiger partial charge in [0.2, 0.25) is 0 Å². The van der Waals surface area contributed by atoms with Gasteiger partial charge in [-0.1, -0.05) is 20.8 Å². The first kappa shape index (κ1) is 12.2. The van der Waals surface area contributed by atoms with Crippen LogP contribution in [0.25, 0.3) is 0 Å². The molecule has 80 valence electrons. The minimum atomic E-state index is 0.506. The number of thiophene rings is 1. The van der Waals surface area contributed by atoms with Gasteiger partial charge in [0.25, 0.3) is 0 Å². The van der Waals surface area contributed by atoms with Crippen LogP contribution in [-0.2, 0) is 0 Å². The number of halogens is 1. The molecule has 1 aromatic heterocycles. The van der Waals surface area contributed by atoms with Crippen molar-refractivity contribution in [1.29, 1.82) is 0 Å². The first-order valence-corrected chi connectivity index (χ1v) is 6.79. The normalized spacial score (nSPS) is 13.5. The smallest absolute Gasteiger partial charge is 0.0438 e. The van der Waals surface area contributed by atoms with Crippen molar-refractivity contribution >= 4 is 27.3 Å². The third-order valence-electron chi connectivity index (χ3n) is 2.18. The van der Waals surface area contributed by atoms with E-state index in [1.807, 2.05) is 11.3 Å². The molecule has 1 aromatic rings. The van der Waals surface area contributed by atoms with Crippen molar-refractivity contribution in [3.8, 4) is 0 Å². The summed E-state index contributed by atoms with van der Waals surface area (Å²) in [6.07, 6.45) is 1.19. The fourth-order valence-electron chi connectivity index (χ4n) is 1.46. The lowest BCUT2D eigenvalue weighted by Gasteiger charge is -2.20. The second-order valence-electron chi connectivity index (χ2n) is 3.84. The van der Waals surface area contributed by atoms with Gasteiger partial charge < -0.3 is 5.32 Å². The molecular formula is C11H18BrNS. The Balaban J connectivity index is 2.67. The van der Waals surface area contributed by atoms with Gasteiger partial charge in [-0.2, -0.15) is 0 Å². The Morgan fingerprint density at radius 1 is 1.50 bits per heavy atom. The number of nitrogens with one attached hydrogen (secondary N) is 1. The van der Waals surface area contributed by atoms with Crippen molar-refractivity contribution in [2.45, 2.75) is 33.2 Å². The molecule has 0 aliphatic heterocycles. The SMILES string of the molecule is CCCNC(c1cc(Br)cs1)C(C)C. The Labute approximate surface area is 99.0 Å². The van der Waals surface area contributed by atoms with Crippen LogP contribution < -0.4 is 5.32 Å². The van der Waals surface area contributed by atoms with E-state index < -0.39 is 0 Å². The molecule has 0 bridgehead atoms. The topological polar surface area (TPSA) is 12.0 Å². The van der Waals surface area contributed by atoms with Gasteiger partial charge in [-0.05, 0) is 40.9 Å². The van der Waals surface area contributed by atoms with Gasteiger partial charge in [-0.15, -0.1) is 11.3 Å². The van der Waals surface area contributed by atoms with Gasteiger partial charge in [0.15, 0.2) is 0 Å². The molecule has 1 unspecified atom stereocenters. The quantitative estimate of drug-likeness (QED) is 0.849. The summed E-state index contributed by atoms with van der Waals surface area (Å²) in [5.74, 6) is 0.645. The predicted octanol–water partition coefficient (Wildman–Crippen LogP) is 4.21. The third kappa shape index (κ3) is 3.37. The second kappa shape index (κ2) is 5.89. The predicted molar refractivity (Wildman–Crippen MR) is 67.9 cm³/mol. The van der Waals surface area contributed by atoms with Crippen LogP contribution in [0.5, 0.6) is 0 Å². The van der Waals surface area contributed by atoms with Gasteiger partial charge in [-0.3, -0.25) is 0 Å². The molecular weight excluding hydrogens is 258 g/mol. The standard InChI is InChI=1S/C11H18BrNS/c1-4-5-13-11(8(2)3)10-6-9(12)7-14-10/h6-8,11,13H,4-5H2,1-3H3. The highest BCUT2D eigenvalue weighted by molar-refractivity contribution is 9.10. The Hall–Kier alpha value is 0.140. The summed E-state index contributed by atoms with van der Waals surface area (Å²) < 4.78 is 1.20. The molecule has 0 fully saturated rings. The van der Waals surface area contributed by atoms with Crippen LogP contribution in [0, 0.1) is 5.92 Å². The van der Waals surface area contributed by atoms with E-state index in [0.29, 0.717) is 12.0 Å². The van der Waals surface area contributed by atoms with Crippen LogP contribution >= 0.6 is 27.3 Å². The van der Waals surface area contributed by atoms with Crippen LogP contribution in [0.4, 0.5) is 0 Å². The second-order valence-corrected chi connectivity index (χ2v) is 5.70. The van der Waals surface area contributed by atoms with E-state index in [1.54, 1.807) is 0 Å². The van der Waals surface area contributed by atoms with Crippen molar-refractivity contribution in [2.24, 2.45) is 5.92 Å². The molecule has 0 saturated heterocycles. The fraction of sp³-hybridized carbons (Fsp3) is 0.636. The van der Waals surface area contributed by atoms with E-state index in [9.17, 15) is 0 Å². The van der Waals surface area contributed by atoms with E-state index in [4.69, 9.17) is 0 Å². The molecule has 14 heavy (non-hydrogen) atoms. The third-order valence-corrected chi connectivity index (χ3v) is 3.95. The van der Waals surface area contributed by atoms with Crippen LogP contribution in [0.1, 0.15) is 38.1 Å². The zero-order valence-electron chi connectivity index (χ0n) is 9.01. The molecule has 0 radical (unpaired) electrons. The Bertz CT molecular complexity index is 270. The van der Waals surface area contributed by atoms with E-state index >= 15 is 0 Å². The van der Waals surface area contributed by atoms with Crippen molar-refractivity contribution in [1.82, 2.24) is 5.32 Å². The fourth-order valence-corrected chi connectivity index (χ4v) is 3.15. The summed E-state index contributed by atoms with van der Waals surface area (Å²) in [5, 5.41) is 5.74. The van der Waals surface area contributed by atoms with Crippen molar-refractivity contribution in [3.63, 3.8) is 0 Å². The summed E-state index contributed by atoms with van der Waals surface area (Å²) in [5.41, 5.74) is 0. The molecule has 0 aliphatic rings. The largest absolute Gasteiger partial charge is 0.309 e. The zero-order chi connectivity index (χ0) is 10.6. The Morgan fingerprint density at radius 3 is 2.64 bits per heavy atom. The Morgan fingerprint density at radius 2 is 2.21 bits per heavy atom. The number of rotatable bonds is 5. The number of hydrogen-bond donors (Lipinski definition) is 1. The average Bonchev–Trinajstić information content (AvgIpc) is 2.52. The maximum Gasteiger partial charge on any atom is 0.0438 e. The molecule has 3 heteroatoms. The molecule has 1 N–H and O–H groups in total. The molecule has 0 aliphatic carbocycles. The molecule has 1 nitrogen and oxygen atoms in total. The lowest BCUT2D eigenvalue weighted by atomic mass is 10.0. The van der Waals surface area contributed by atoms with Gasteiger partial charge in [0.1, 0.15) is 0 Å². The first-order chi connectivity index (χ1) is 6.65. The van der Waals surface area contributed by atoms with Crippen LogP contribution in [0.15, 0.2) is 15.9 Å². The first-order valence-electron chi connectivity index (χ1n) is 5.12. The van der Waals surface area contributed by atoms with Gasteiger partial charge >= 0.3 is 0 Å². The highest BCUT2D eigenvalue weighted by Crippen LogP contribution is 2.29. The molecule has 0 aromatic carbocycles. The Kier molecular flexibility index (Phi) is 5.13. The summed E-state index contributed by atoms with van der Waals surface area (Å²) in [4.78, 5) is 1.43. The maximum atomic E-state index is 3.59. The summed E-state index contributed by atoms with van der Waals surface area (Å²) in [6, 6.07) is 2.73.